The van der Waals surface area contributed by atoms with Gasteiger partial charge < -0.3 is 25.0 Å². The minimum absolute atomic E-state index is 0.0325. The maximum atomic E-state index is 13.5. The Morgan fingerprint density at radius 2 is 1.84 bits per heavy atom. The van der Waals surface area contributed by atoms with E-state index < -0.39 is 17.7 Å². The number of anilines is 2. The van der Waals surface area contributed by atoms with Gasteiger partial charge in [-0.1, -0.05) is 24.3 Å². The molecule has 3 heterocycles. The van der Waals surface area contributed by atoms with Crippen molar-refractivity contribution >= 4 is 34.4 Å². The smallest absolute Gasteiger partial charge is 0.410 e. The molecule has 0 radical (unpaired) electrons. The van der Waals surface area contributed by atoms with Crippen molar-refractivity contribution in [1.29, 1.82) is 0 Å². The Hall–Kier alpha value is -4.80. The molecule has 2 unspecified atom stereocenters. The number of nitrogens with one attached hydrogen (secondary N) is 2. The molecule has 1 saturated carbocycles. The van der Waals surface area contributed by atoms with E-state index in [4.69, 9.17) is 14.5 Å². The molecule has 3 atom stereocenters. The summed E-state index contributed by atoms with van der Waals surface area (Å²) in [4.78, 5) is 40.6. The summed E-state index contributed by atoms with van der Waals surface area (Å²) in [6, 6.07) is 14.9. The van der Waals surface area contributed by atoms with E-state index in [2.05, 4.69) is 20.6 Å². The molecule has 10 nitrogen and oxygen atoms in total. The van der Waals surface area contributed by atoms with Gasteiger partial charge in [0.25, 0.3) is 0 Å². The van der Waals surface area contributed by atoms with E-state index in [1.165, 1.54) is 0 Å². The highest BCUT2D eigenvalue weighted by Crippen LogP contribution is 2.40. The van der Waals surface area contributed by atoms with Crippen LogP contribution in [0.5, 0.6) is 11.6 Å². The first-order valence-corrected chi connectivity index (χ1v) is 15.2. The molecule has 2 N–H and O–H groups in total. The van der Waals surface area contributed by atoms with E-state index in [0.717, 1.165) is 29.2 Å². The number of hydrogen-bond acceptors (Lipinski definition) is 8. The van der Waals surface area contributed by atoms with Gasteiger partial charge in [-0.3, -0.25) is 4.79 Å². The van der Waals surface area contributed by atoms with E-state index in [9.17, 15) is 14.0 Å². The maximum absolute atomic E-state index is 13.5. The lowest BCUT2D eigenvalue weighted by atomic mass is 10.0. The number of amides is 2. The van der Waals surface area contributed by atoms with Gasteiger partial charge in [0.2, 0.25) is 17.7 Å². The summed E-state index contributed by atoms with van der Waals surface area (Å²) in [6.07, 6.45) is 3.90. The van der Waals surface area contributed by atoms with Crippen LogP contribution < -0.4 is 15.4 Å². The van der Waals surface area contributed by atoms with Crippen molar-refractivity contribution in [1.82, 2.24) is 19.9 Å². The fraction of sp³-hybridized carbons (Fsp3) is 0.382. The molecule has 2 aromatic carbocycles. The molecular weight excluding hydrogens is 575 g/mol. The molecule has 4 aromatic rings. The van der Waals surface area contributed by atoms with Gasteiger partial charge in [-0.05, 0) is 76.8 Å². The SMILES string of the molecule is Cc1ccc2c(NC(=O)C3CC3F)cccc2c1Oc1ncccc1-c1ccnc(N[C@H]2CCCN(C(=O)OC(C)(C)C)C2)n1. The lowest BCUT2D eigenvalue weighted by Crippen LogP contribution is -2.47. The Labute approximate surface area is 261 Å². The molecule has 45 heavy (non-hydrogen) atoms. The number of aryl methyl sites for hydroxylation is 1. The predicted octanol–water partition coefficient (Wildman–Crippen LogP) is 6.90. The first-order valence-electron chi connectivity index (χ1n) is 15.2. The summed E-state index contributed by atoms with van der Waals surface area (Å²) < 4.78 is 25.6. The molecule has 2 aliphatic rings. The van der Waals surface area contributed by atoms with Crippen molar-refractivity contribution in [3.05, 3.63) is 66.5 Å². The molecule has 2 amide bonds. The Morgan fingerprint density at radius 3 is 2.62 bits per heavy atom. The second-order valence-corrected chi connectivity index (χ2v) is 12.6. The Kier molecular flexibility index (Phi) is 8.26. The third-order valence-electron chi connectivity index (χ3n) is 7.82. The lowest BCUT2D eigenvalue weighted by Gasteiger charge is -2.34. The highest BCUT2D eigenvalue weighted by atomic mass is 19.1. The summed E-state index contributed by atoms with van der Waals surface area (Å²) in [7, 11) is 0. The van der Waals surface area contributed by atoms with Crippen LogP contribution in [0.2, 0.25) is 0 Å². The van der Waals surface area contributed by atoms with Gasteiger partial charge in [0.05, 0.1) is 17.2 Å². The highest BCUT2D eigenvalue weighted by Gasteiger charge is 2.43. The van der Waals surface area contributed by atoms with E-state index in [-0.39, 0.29) is 24.5 Å². The van der Waals surface area contributed by atoms with Crippen LogP contribution in [-0.4, -0.2) is 62.8 Å². The fourth-order valence-corrected chi connectivity index (χ4v) is 5.46. The standard InChI is InChI=1S/C34H37FN6O4/c1-20-12-13-22-23(9-5-11-27(22)39-30(42)25-18-26(25)35)29(20)44-31-24(10-6-15-36-31)28-14-16-37-32(40-28)38-21-8-7-17-41(19-21)33(43)45-34(2,3)4/h5-6,9-16,21,25-26H,7-8,17-19H2,1-4H3,(H,39,42)(H,37,38,40)/t21-,25?,26?/m0/s1. The number of halogens is 1. The number of rotatable bonds is 7. The molecule has 1 saturated heterocycles. The largest absolute Gasteiger partial charge is 0.444 e. The predicted molar refractivity (Wildman–Crippen MR) is 170 cm³/mol. The molecule has 11 heteroatoms. The first-order chi connectivity index (χ1) is 21.6. The van der Waals surface area contributed by atoms with Crippen LogP contribution in [0.3, 0.4) is 0 Å². The van der Waals surface area contributed by atoms with Crippen molar-refractivity contribution in [2.24, 2.45) is 5.92 Å². The number of piperidine rings is 1. The zero-order valence-electron chi connectivity index (χ0n) is 25.8. The average Bonchev–Trinajstić information content (AvgIpc) is 3.75. The van der Waals surface area contributed by atoms with Crippen molar-refractivity contribution in [3.8, 4) is 22.9 Å². The van der Waals surface area contributed by atoms with Crippen molar-refractivity contribution in [3.63, 3.8) is 0 Å². The molecule has 0 bridgehead atoms. The monoisotopic (exact) mass is 612 g/mol. The van der Waals surface area contributed by atoms with Crippen LogP contribution in [0.1, 0.15) is 45.6 Å². The van der Waals surface area contributed by atoms with Crippen LogP contribution in [-0.2, 0) is 9.53 Å². The molecule has 6 rings (SSSR count). The molecule has 1 aliphatic heterocycles. The molecule has 2 aromatic heterocycles. The summed E-state index contributed by atoms with van der Waals surface area (Å²) in [5, 5.41) is 7.83. The van der Waals surface area contributed by atoms with Gasteiger partial charge in [-0.2, -0.15) is 0 Å². The fourth-order valence-electron chi connectivity index (χ4n) is 5.46. The molecular formula is C34H37FN6O4. The number of hydrogen-bond donors (Lipinski definition) is 2. The molecule has 0 spiro atoms. The number of aromatic nitrogens is 3. The van der Waals surface area contributed by atoms with Crippen LogP contribution in [0.4, 0.5) is 20.8 Å². The van der Waals surface area contributed by atoms with Gasteiger partial charge in [0, 0.05) is 48.0 Å². The van der Waals surface area contributed by atoms with Crippen LogP contribution >= 0.6 is 0 Å². The number of likely N-dealkylation sites (tertiary alicyclic amines) is 1. The zero-order valence-corrected chi connectivity index (χ0v) is 25.8. The minimum Gasteiger partial charge on any atom is -0.444 e. The Morgan fingerprint density at radius 1 is 1.02 bits per heavy atom. The van der Waals surface area contributed by atoms with E-state index in [0.29, 0.717) is 47.6 Å². The average molecular weight is 613 g/mol. The number of pyridine rings is 1. The van der Waals surface area contributed by atoms with Crippen molar-refractivity contribution < 1.29 is 23.5 Å². The Balaban J connectivity index is 1.23. The number of benzene rings is 2. The summed E-state index contributed by atoms with van der Waals surface area (Å²) in [5.41, 5.74) is 2.21. The van der Waals surface area contributed by atoms with Crippen LogP contribution in [0.15, 0.2) is 60.9 Å². The van der Waals surface area contributed by atoms with Gasteiger partial charge in [0.1, 0.15) is 17.5 Å². The maximum Gasteiger partial charge on any atom is 0.410 e. The van der Waals surface area contributed by atoms with Gasteiger partial charge >= 0.3 is 6.09 Å². The minimum atomic E-state index is -1.07. The second-order valence-electron chi connectivity index (χ2n) is 12.6. The summed E-state index contributed by atoms with van der Waals surface area (Å²) >= 11 is 0. The van der Waals surface area contributed by atoms with E-state index in [1.54, 1.807) is 29.4 Å². The highest BCUT2D eigenvalue weighted by molar-refractivity contribution is 6.05. The first kappa shape index (κ1) is 30.2. The number of fused-ring (bicyclic) bond motifs is 1. The Bertz CT molecular complexity index is 1740. The van der Waals surface area contributed by atoms with Crippen molar-refractivity contribution in [2.75, 3.05) is 23.7 Å². The number of carbonyl (C=O) groups is 2. The topological polar surface area (TPSA) is 119 Å². The summed E-state index contributed by atoms with van der Waals surface area (Å²) in [6.45, 7) is 8.65. The number of alkyl halides is 1. The van der Waals surface area contributed by atoms with Gasteiger partial charge in [-0.25, -0.2) is 24.1 Å². The normalized spacial score (nSPS) is 19.6. The number of nitrogens with zero attached hydrogens (tertiary/aromatic N) is 4. The number of carbonyl (C=O) groups excluding carboxylic acids is 2. The third-order valence-corrected chi connectivity index (χ3v) is 7.82. The third kappa shape index (κ3) is 6.97. The lowest BCUT2D eigenvalue weighted by molar-refractivity contribution is -0.117. The summed E-state index contributed by atoms with van der Waals surface area (Å²) in [5.74, 6) is 0.483. The second kappa shape index (κ2) is 12.3. The zero-order chi connectivity index (χ0) is 31.7. The van der Waals surface area contributed by atoms with Crippen molar-refractivity contribution in [2.45, 2.75) is 64.8 Å². The van der Waals surface area contributed by atoms with Gasteiger partial charge in [0.15, 0.2) is 0 Å². The number of ether oxygens (including phenoxy) is 2. The van der Waals surface area contributed by atoms with Crippen LogP contribution in [0, 0.1) is 12.8 Å². The van der Waals surface area contributed by atoms with E-state index in [1.807, 2.05) is 64.1 Å². The quantitative estimate of drug-likeness (QED) is 0.231. The van der Waals surface area contributed by atoms with Gasteiger partial charge in [-0.15, -0.1) is 0 Å². The van der Waals surface area contributed by atoms with E-state index >= 15 is 0 Å². The van der Waals surface area contributed by atoms with Crippen LogP contribution in [0.25, 0.3) is 22.0 Å². The molecule has 234 valence electrons. The molecule has 1 aliphatic carbocycles. The molecule has 2 fully saturated rings.